The summed E-state index contributed by atoms with van der Waals surface area (Å²) in [5.41, 5.74) is 0.118. The number of hydrogen-bond donors (Lipinski definition) is 2. The van der Waals surface area contributed by atoms with Gasteiger partial charge in [-0.15, -0.1) is 0 Å². The summed E-state index contributed by atoms with van der Waals surface area (Å²) < 4.78 is 39.4. The van der Waals surface area contributed by atoms with E-state index < -0.39 is 36.1 Å². The Balaban J connectivity index is 2.15. The van der Waals surface area contributed by atoms with Gasteiger partial charge in [0.15, 0.2) is 0 Å². The molecule has 0 unspecified atom stereocenters. The number of anilines is 1. The van der Waals surface area contributed by atoms with Crippen LogP contribution in [0.1, 0.15) is 23.4 Å². The molecule has 11 heteroatoms. The first-order valence-corrected chi connectivity index (χ1v) is 8.45. The van der Waals surface area contributed by atoms with Crippen molar-refractivity contribution in [3.63, 3.8) is 0 Å². The topological polar surface area (TPSA) is 108 Å². The Morgan fingerprint density at radius 1 is 1.24 bits per heavy atom. The lowest BCUT2D eigenvalue weighted by atomic mass is 10.1. The zero-order chi connectivity index (χ0) is 21.3. The van der Waals surface area contributed by atoms with E-state index in [-0.39, 0.29) is 17.6 Å². The summed E-state index contributed by atoms with van der Waals surface area (Å²) in [5.74, 6) is -2.34. The predicted octanol–water partition coefficient (Wildman–Crippen LogP) is 2.58. The number of amides is 1. The van der Waals surface area contributed by atoms with E-state index in [1.54, 1.807) is 19.9 Å². The van der Waals surface area contributed by atoms with Crippen molar-refractivity contribution < 1.29 is 27.9 Å². The first-order valence-electron chi connectivity index (χ1n) is 8.45. The molecule has 1 aliphatic heterocycles. The van der Waals surface area contributed by atoms with E-state index in [2.05, 4.69) is 20.3 Å². The molecule has 0 radical (unpaired) electrons. The Morgan fingerprint density at radius 2 is 1.90 bits per heavy atom. The second-order valence-corrected chi connectivity index (χ2v) is 6.41. The van der Waals surface area contributed by atoms with Crippen molar-refractivity contribution in [1.29, 1.82) is 0 Å². The highest BCUT2D eigenvalue weighted by Gasteiger charge is 2.38. The Labute approximate surface area is 163 Å². The van der Waals surface area contributed by atoms with Crippen LogP contribution in [0.3, 0.4) is 0 Å². The number of aryl methyl sites for hydroxylation is 2. The third-order valence-electron chi connectivity index (χ3n) is 4.08. The molecule has 0 spiro atoms. The number of rotatable bonds is 3. The minimum Gasteiger partial charge on any atom is -0.480 e. The highest BCUT2D eigenvalue weighted by molar-refractivity contribution is 6.13. The van der Waals surface area contributed by atoms with Crippen molar-refractivity contribution in [1.82, 2.24) is 15.3 Å². The number of benzene rings is 1. The van der Waals surface area contributed by atoms with Gasteiger partial charge in [0, 0.05) is 17.1 Å². The number of halogens is 3. The number of carboxylic acids is 1. The molecule has 1 amide bonds. The molecule has 1 aromatic carbocycles. The molecular formula is C18H16F3N5O3. The molecule has 152 valence electrons. The van der Waals surface area contributed by atoms with Crippen molar-refractivity contribution in [2.75, 3.05) is 4.90 Å². The summed E-state index contributed by atoms with van der Waals surface area (Å²) >= 11 is 0. The maximum absolute atomic E-state index is 13.1. The molecule has 1 aliphatic rings. The van der Waals surface area contributed by atoms with E-state index in [0.29, 0.717) is 11.4 Å². The van der Waals surface area contributed by atoms with Gasteiger partial charge in [-0.3, -0.25) is 15.0 Å². The number of carboxylic acid groups (broad SMARTS) is 1. The van der Waals surface area contributed by atoms with Crippen molar-refractivity contribution >= 4 is 29.5 Å². The van der Waals surface area contributed by atoms with E-state index in [0.717, 1.165) is 23.1 Å². The summed E-state index contributed by atoms with van der Waals surface area (Å²) in [4.78, 5) is 37.1. The summed E-state index contributed by atoms with van der Waals surface area (Å²) in [6.07, 6.45) is -5.08. The molecular weight excluding hydrogens is 391 g/mol. The number of carbonyl (C=O) groups excluding carboxylic acids is 1. The monoisotopic (exact) mass is 407 g/mol. The Kier molecular flexibility index (Phi) is 5.23. The molecule has 1 atom stereocenters. The van der Waals surface area contributed by atoms with E-state index in [4.69, 9.17) is 0 Å². The average Bonchev–Trinajstić information content (AvgIpc) is 2.59. The molecule has 0 bridgehead atoms. The second kappa shape index (κ2) is 7.49. The zero-order valence-electron chi connectivity index (χ0n) is 15.4. The van der Waals surface area contributed by atoms with Crippen molar-refractivity contribution in [3.05, 3.63) is 47.3 Å². The van der Waals surface area contributed by atoms with Crippen molar-refractivity contribution in [3.8, 4) is 0 Å². The fourth-order valence-corrected chi connectivity index (χ4v) is 2.92. The summed E-state index contributed by atoms with van der Waals surface area (Å²) in [6.45, 7) is 3.39. The number of aliphatic carboxylic acids is 1. The Hall–Kier alpha value is -3.50. The fraction of sp³-hybridized carbons (Fsp3) is 0.278. The summed E-state index contributed by atoms with van der Waals surface area (Å²) in [6, 6.07) is 4.36. The smallest absolute Gasteiger partial charge is 0.416 e. The quantitative estimate of drug-likeness (QED) is 0.810. The third-order valence-corrected chi connectivity index (χ3v) is 4.08. The molecule has 2 heterocycles. The summed E-state index contributed by atoms with van der Waals surface area (Å²) in [5, 5.41) is 12.0. The van der Waals surface area contributed by atoms with Gasteiger partial charge in [-0.1, -0.05) is 6.07 Å². The predicted molar refractivity (Wildman–Crippen MR) is 96.7 cm³/mol. The van der Waals surface area contributed by atoms with Crippen LogP contribution in [0.4, 0.5) is 24.8 Å². The van der Waals surface area contributed by atoms with Gasteiger partial charge in [0.2, 0.25) is 11.9 Å². The lowest BCUT2D eigenvalue weighted by molar-refractivity contribution is -0.140. The molecule has 2 N–H and O–H groups in total. The van der Waals surface area contributed by atoms with Gasteiger partial charge < -0.3 is 5.11 Å². The number of alkyl halides is 3. The summed E-state index contributed by atoms with van der Waals surface area (Å²) in [7, 11) is 0. The number of nitrogens with zero attached hydrogens (tertiary/aromatic N) is 4. The largest absolute Gasteiger partial charge is 0.480 e. The number of carbonyl (C=O) groups is 2. The van der Waals surface area contributed by atoms with E-state index in [1.807, 2.05) is 0 Å². The molecule has 1 aromatic heterocycles. The van der Waals surface area contributed by atoms with Gasteiger partial charge in [-0.05, 0) is 38.1 Å². The van der Waals surface area contributed by atoms with Crippen molar-refractivity contribution in [2.45, 2.75) is 32.5 Å². The maximum Gasteiger partial charge on any atom is 0.416 e. The number of aliphatic imine (C=N–C) groups is 1. The molecule has 2 aromatic rings. The number of guanidine groups is 1. The highest BCUT2D eigenvalue weighted by Crippen LogP contribution is 2.33. The average molecular weight is 407 g/mol. The number of nitrogens with one attached hydrogen (secondary N) is 1. The number of hydrogen-bond acceptors (Lipinski definition) is 5. The van der Waals surface area contributed by atoms with Crippen molar-refractivity contribution in [2.24, 2.45) is 4.99 Å². The van der Waals surface area contributed by atoms with Crippen LogP contribution in [-0.4, -0.2) is 39.0 Å². The number of aromatic nitrogens is 2. The third kappa shape index (κ3) is 4.50. The van der Waals surface area contributed by atoms with Gasteiger partial charge in [0.25, 0.3) is 5.95 Å². The molecule has 29 heavy (non-hydrogen) atoms. The second-order valence-electron chi connectivity index (χ2n) is 6.41. The minimum absolute atomic E-state index is 0.0548. The van der Waals surface area contributed by atoms with Crippen LogP contribution in [0.2, 0.25) is 0 Å². The molecule has 0 saturated carbocycles. The SMILES string of the molecule is Cc1cc(C)nc(/N=C2\NC(=O)C[C@H](C(=O)O)N2c2cccc(C(F)(F)F)c2)n1. The van der Waals surface area contributed by atoms with Crippen LogP contribution in [0.25, 0.3) is 0 Å². The van der Waals surface area contributed by atoms with Crippen LogP contribution in [0.15, 0.2) is 35.3 Å². The van der Waals surface area contributed by atoms with Gasteiger partial charge >= 0.3 is 12.1 Å². The zero-order valence-corrected chi connectivity index (χ0v) is 15.4. The van der Waals surface area contributed by atoms with Gasteiger partial charge in [-0.2, -0.15) is 18.2 Å². The molecule has 1 saturated heterocycles. The molecule has 8 nitrogen and oxygen atoms in total. The van der Waals surface area contributed by atoms with Gasteiger partial charge in [0.05, 0.1) is 12.0 Å². The van der Waals surface area contributed by atoms with Gasteiger partial charge in [0.1, 0.15) is 6.04 Å². The van der Waals surface area contributed by atoms with Gasteiger partial charge in [-0.25, -0.2) is 14.8 Å². The van der Waals surface area contributed by atoms with Crippen LogP contribution < -0.4 is 10.2 Å². The van der Waals surface area contributed by atoms with Crippen LogP contribution in [0, 0.1) is 13.8 Å². The van der Waals surface area contributed by atoms with E-state index >= 15 is 0 Å². The molecule has 1 fully saturated rings. The lowest BCUT2D eigenvalue weighted by Gasteiger charge is -2.35. The van der Waals surface area contributed by atoms with Crippen LogP contribution in [0.5, 0.6) is 0 Å². The lowest BCUT2D eigenvalue weighted by Crippen LogP contribution is -2.58. The Morgan fingerprint density at radius 3 is 2.48 bits per heavy atom. The minimum atomic E-state index is -4.62. The first kappa shape index (κ1) is 20.2. The normalized spacial score (nSPS) is 18.7. The van der Waals surface area contributed by atoms with E-state index in [1.165, 1.54) is 6.07 Å². The Bertz CT molecular complexity index is 986. The fourth-order valence-electron chi connectivity index (χ4n) is 2.92. The molecule has 3 rings (SSSR count). The van der Waals surface area contributed by atoms with E-state index in [9.17, 15) is 27.9 Å². The van der Waals surface area contributed by atoms with Crippen LogP contribution >= 0.6 is 0 Å². The standard InChI is InChI=1S/C18H16F3N5O3/c1-9-6-10(2)23-16(22-9)25-17-24-14(27)8-13(15(28)29)26(17)12-5-3-4-11(7-12)18(19,20)21/h3-7,13H,8H2,1-2H3,(H,28,29)(H,22,23,24,25,27)/t13-/m1/s1. The maximum atomic E-state index is 13.1. The van der Waals surface area contributed by atoms with Crippen LogP contribution in [-0.2, 0) is 15.8 Å². The first-order chi connectivity index (χ1) is 13.5. The highest BCUT2D eigenvalue weighted by atomic mass is 19.4. The molecule has 0 aliphatic carbocycles.